The molecule has 0 aliphatic rings. The fourth-order valence-corrected chi connectivity index (χ4v) is 2.05. The van der Waals surface area contributed by atoms with E-state index in [-0.39, 0.29) is 5.48 Å². The van der Waals surface area contributed by atoms with Gasteiger partial charge in [0.15, 0.2) is 0 Å². The molecule has 0 aliphatic carbocycles. The van der Waals surface area contributed by atoms with Crippen molar-refractivity contribution in [3.05, 3.63) is 78.4 Å². The highest BCUT2D eigenvalue weighted by Crippen LogP contribution is 2.12. The number of nitrogens with zero attached hydrogens (tertiary/aromatic N) is 3. The number of rotatable bonds is 2. The van der Waals surface area contributed by atoms with E-state index in [0.29, 0.717) is 22.4 Å². The minimum atomic E-state index is -0.487. The van der Waals surface area contributed by atoms with E-state index in [4.69, 9.17) is 0 Å². The molecule has 2 heterocycles. The van der Waals surface area contributed by atoms with Crippen LogP contribution in [0.3, 0.4) is 0 Å². The van der Waals surface area contributed by atoms with Crippen LogP contribution in [0.5, 0.6) is 0 Å². The van der Waals surface area contributed by atoms with Gasteiger partial charge in [0.2, 0.25) is 0 Å². The van der Waals surface area contributed by atoms with Crippen molar-refractivity contribution in [2.45, 2.75) is 0 Å². The largest absolute Gasteiger partial charge is 0.428 e. The van der Waals surface area contributed by atoms with Crippen LogP contribution in [0.25, 0.3) is 11.4 Å². The van der Waals surface area contributed by atoms with Gasteiger partial charge < -0.3 is 16.0 Å². The molecule has 0 radical (unpaired) electrons. The molecule has 0 saturated heterocycles. The zero-order chi connectivity index (χ0) is 16.1. The van der Waals surface area contributed by atoms with E-state index in [1.165, 1.54) is 12.3 Å². The van der Waals surface area contributed by atoms with Gasteiger partial charge in [0.05, 0.1) is 11.1 Å². The lowest BCUT2D eigenvalue weighted by molar-refractivity contribution is 0.188. The van der Waals surface area contributed by atoms with E-state index < -0.39 is 6.03 Å². The molecule has 122 valence electrons. The summed E-state index contributed by atoms with van der Waals surface area (Å²) in [5.41, 5.74) is 1.69. The zero-order valence-corrected chi connectivity index (χ0v) is 12.6. The lowest BCUT2D eigenvalue weighted by atomic mass is 10.2. The molecule has 2 amide bonds. The number of para-hydroxylation sites is 1. The summed E-state index contributed by atoms with van der Waals surface area (Å²) < 4.78 is 0.941. The molecule has 7 nitrogen and oxygen atoms in total. The predicted octanol–water partition coefficient (Wildman–Crippen LogP) is 2.10. The Morgan fingerprint density at radius 3 is 2.54 bits per heavy atom. The number of aromatic nitrogens is 2. The lowest BCUT2D eigenvalue weighted by Gasteiger charge is -2.06. The van der Waals surface area contributed by atoms with E-state index >= 15 is 0 Å². The van der Waals surface area contributed by atoms with Crippen molar-refractivity contribution < 1.29 is 15.5 Å². The molecular formula is C17H16N4O3. The van der Waals surface area contributed by atoms with E-state index in [2.05, 4.69) is 15.3 Å². The second-order valence-corrected chi connectivity index (χ2v) is 4.74. The van der Waals surface area contributed by atoms with Gasteiger partial charge in [-0.15, -0.1) is 0 Å². The normalized spacial score (nSPS) is 10.8. The van der Waals surface area contributed by atoms with Crippen molar-refractivity contribution in [1.82, 2.24) is 9.71 Å². The first-order valence-electron chi connectivity index (χ1n) is 6.96. The first kappa shape index (κ1) is 16.9. The topological polar surface area (TPSA) is 111 Å². The number of carbonyl (C=O) groups is 1. The summed E-state index contributed by atoms with van der Waals surface area (Å²) in [6.07, 6.45) is 3.04. The smallest absolute Gasteiger partial charge is 0.345 e. The lowest BCUT2D eigenvalue weighted by Crippen LogP contribution is -2.14. The van der Waals surface area contributed by atoms with E-state index in [1.54, 1.807) is 36.5 Å². The van der Waals surface area contributed by atoms with Gasteiger partial charge in [0, 0.05) is 18.1 Å². The minimum absolute atomic E-state index is 0. The summed E-state index contributed by atoms with van der Waals surface area (Å²) in [6.45, 7) is 0. The molecule has 0 spiro atoms. The summed E-state index contributed by atoms with van der Waals surface area (Å²) in [5, 5.41) is 13.0. The monoisotopic (exact) mass is 324 g/mol. The molecule has 2 aromatic heterocycles. The number of hydrogen-bond donors (Lipinski definition) is 2. The third-order valence-corrected chi connectivity index (χ3v) is 3.10. The molecule has 3 rings (SSSR count). The summed E-state index contributed by atoms with van der Waals surface area (Å²) in [7, 11) is 0. The van der Waals surface area contributed by atoms with Gasteiger partial charge in [-0.3, -0.25) is 4.98 Å². The average Bonchev–Trinajstić information content (AvgIpc) is 2.58. The minimum Gasteiger partial charge on any atom is -0.428 e. The van der Waals surface area contributed by atoms with E-state index in [9.17, 15) is 10.0 Å². The van der Waals surface area contributed by atoms with Crippen molar-refractivity contribution in [3.63, 3.8) is 0 Å². The van der Waals surface area contributed by atoms with Crippen molar-refractivity contribution in [3.8, 4) is 11.4 Å². The Labute approximate surface area is 137 Å². The van der Waals surface area contributed by atoms with Crippen molar-refractivity contribution in [1.29, 1.82) is 0 Å². The molecule has 1 aromatic carbocycles. The van der Waals surface area contributed by atoms with Gasteiger partial charge in [-0.2, -0.15) is 9.72 Å². The Kier molecular flexibility index (Phi) is 5.43. The molecular weight excluding hydrogens is 308 g/mol. The van der Waals surface area contributed by atoms with Gasteiger partial charge in [0.25, 0.3) is 0 Å². The fraction of sp³-hybridized carbons (Fsp3) is 0. The van der Waals surface area contributed by atoms with Crippen LogP contribution >= 0.6 is 0 Å². The number of urea groups is 1. The predicted molar refractivity (Wildman–Crippen MR) is 89.5 cm³/mol. The summed E-state index contributed by atoms with van der Waals surface area (Å²) in [6, 6.07) is 17.1. The molecule has 3 aromatic rings. The maximum absolute atomic E-state index is 12.0. The summed E-state index contributed by atoms with van der Waals surface area (Å²) in [5.74, 6) is 0. The Morgan fingerprint density at radius 2 is 1.83 bits per heavy atom. The maximum atomic E-state index is 12.0. The fourth-order valence-electron chi connectivity index (χ4n) is 2.05. The maximum Gasteiger partial charge on any atom is 0.345 e. The molecule has 0 bridgehead atoms. The molecule has 7 heteroatoms. The van der Waals surface area contributed by atoms with E-state index in [0.717, 1.165) is 4.73 Å². The molecule has 0 atom stereocenters. The first-order valence-corrected chi connectivity index (χ1v) is 6.96. The zero-order valence-electron chi connectivity index (χ0n) is 12.6. The number of nitrogens with one attached hydrogen (secondary N) is 1. The van der Waals surface area contributed by atoms with Crippen LogP contribution in [0.15, 0.2) is 78.0 Å². The highest BCUT2D eigenvalue weighted by molar-refractivity contribution is 5.89. The van der Waals surface area contributed by atoms with Crippen LogP contribution in [0.1, 0.15) is 0 Å². The second-order valence-electron chi connectivity index (χ2n) is 4.74. The Morgan fingerprint density at radius 1 is 1.08 bits per heavy atom. The third kappa shape index (κ3) is 4.05. The molecule has 4 N–H and O–H groups in total. The SMILES string of the molecule is O.O=C(/N=c1/ccn(O)c(-c2ccccn2)c1)Nc1ccccc1. The van der Waals surface area contributed by atoms with Crippen molar-refractivity contribution in [2.24, 2.45) is 4.99 Å². The van der Waals surface area contributed by atoms with Crippen LogP contribution in [-0.4, -0.2) is 26.4 Å². The number of carbonyl (C=O) groups excluding carboxylic acids is 1. The van der Waals surface area contributed by atoms with Crippen LogP contribution in [0.2, 0.25) is 0 Å². The molecule has 0 aliphatic heterocycles. The van der Waals surface area contributed by atoms with Crippen molar-refractivity contribution >= 4 is 11.7 Å². The number of hydrogen-bond acceptors (Lipinski definition) is 3. The van der Waals surface area contributed by atoms with E-state index in [1.807, 2.05) is 24.3 Å². The quantitative estimate of drug-likeness (QED) is 0.704. The van der Waals surface area contributed by atoms with Gasteiger partial charge in [0.1, 0.15) is 5.69 Å². The molecule has 0 fully saturated rings. The number of pyridine rings is 2. The highest BCUT2D eigenvalue weighted by atomic mass is 16.5. The second kappa shape index (κ2) is 7.70. The summed E-state index contributed by atoms with van der Waals surface area (Å²) in [4.78, 5) is 20.1. The summed E-state index contributed by atoms with van der Waals surface area (Å²) >= 11 is 0. The van der Waals surface area contributed by atoms with Crippen molar-refractivity contribution in [2.75, 3.05) is 5.32 Å². The Balaban J connectivity index is 0.00000208. The highest BCUT2D eigenvalue weighted by Gasteiger charge is 2.04. The Bertz CT molecular complexity index is 877. The molecule has 0 saturated carbocycles. The first-order chi connectivity index (χ1) is 11.2. The van der Waals surface area contributed by atoms with Crippen LogP contribution < -0.4 is 10.7 Å². The van der Waals surface area contributed by atoms with Gasteiger partial charge in [-0.1, -0.05) is 24.3 Å². The average molecular weight is 324 g/mol. The van der Waals surface area contributed by atoms with Crippen LogP contribution in [-0.2, 0) is 0 Å². The van der Waals surface area contributed by atoms with Gasteiger partial charge in [-0.05, 0) is 36.4 Å². The molecule has 24 heavy (non-hydrogen) atoms. The number of anilines is 1. The standard InChI is InChI=1S/C17H14N4O2.H2O/c22-17(19-13-6-2-1-3-7-13)20-14-9-11-21(23)16(12-14)15-8-4-5-10-18-15;/h1-12,23H,(H,19,22);1H2/b20-14-;. The number of amides is 2. The Hall–Kier alpha value is -3.45. The van der Waals surface area contributed by atoms with Gasteiger partial charge >= 0.3 is 6.03 Å². The number of benzene rings is 1. The van der Waals surface area contributed by atoms with Gasteiger partial charge in [-0.25, -0.2) is 4.79 Å². The van der Waals surface area contributed by atoms with Crippen LogP contribution in [0, 0.1) is 0 Å². The molecule has 0 unspecified atom stereocenters. The third-order valence-electron chi connectivity index (χ3n) is 3.10. The van der Waals surface area contributed by atoms with Crippen LogP contribution in [0.4, 0.5) is 10.5 Å².